The van der Waals surface area contributed by atoms with Gasteiger partial charge in [-0.25, -0.2) is 4.79 Å². The van der Waals surface area contributed by atoms with Crippen molar-refractivity contribution < 1.29 is 14.7 Å². The Balaban J connectivity index is 1.86. The second kappa shape index (κ2) is 5.20. The van der Waals surface area contributed by atoms with E-state index in [-0.39, 0.29) is 5.91 Å². The number of carboxylic acids is 1. The highest BCUT2D eigenvalue weighted by molar-refractivity contribution is 7.10. The molecule has 0 aromatic carbocycles. The van der Waals surface area contributed by atoms with E-state index in [0.29, 0.717) is 18.9 Å². The third-order valence-electron chi connectivity index (χ3n) is 4.43. The molecule has 2 atom stereocenters. The van der Waals surface area contributed by atoms with Crippen LogP contribution in [0.5, 0.6) is 0 Å². The Kier molecular flexibility index (Phi) is 3.54. The average molecular weight is 293 g/mol. The Morgan fingerprint density at radius 2 is 2.20 bits per heavy atom. The van der Waals surface area contributed by atoms with E-state index in [0.717, 1.165) is 31.2 Å². The van der Waals surface area contributed by atoms with Gasteiger partial charge in [-0.05, 0) is 43.6 Å². The molecule has 0 radical (unpaired) electrons. The maximum atomic E-state index is 12.6. The lowest BCUT2D eigenvalue weighted by atomic mass is 9.88. The third kappa shape index (κ3) is 2.24. The fourth-order valence-corrected chi connectivity index (χ4v) is 4.52. The molecule has 2 aliphatic rings. The molecular formula is C15H19NO3S. The first-order chi connectivity index (χ1) is 9.58. The molecule has 1 aromatic rings. The largest absolute Gasteiger partial charge is 0.480 e. The molecule has 3 rings (SSSR count). The summed E-state index contributed by atoms with van der Waals surface area (Å²) in [7, 11) is 0. The number of fused-ring (bicyclic) bond motifs is 1. The van der Waals surface area contributed by atoms with Gasteiger partial charge in [-0.3, -0.25) is 4.79 Å². The van der Waals surface area contributed by atoms with Gasteiger partial charge in [-0.1, -0.05) is 6.92 Å². The molecule has 1 N–H and O–H groups in total. The van der Waals surface area contributed by atoms with Crippen LogP contribution in [0.15, 0.2) is 5.38 Å². The van der Waals surface area contributed by atoms with Crippen molar-refractivity contribution in [3.05, 3.63) is 21.4 Å². The van der Waals surface area contributed by atoms with Crippen LogP contribution >= 0.6 is 11.3 Å². The molecule has 1 saturated heterocycles. The van der Waals surface area contributed by atoms with Crippen molar-refractivity contribution in [3.63, 3.8) is 0 Å². The van der Waals surface area contributed by atoms with E-state index in [1.165, 1.54) is 10.4 Å². The average Bonchev–Trinajstić information content (AvgIpc) is 3.03. The SMILES string of the molecule is CC1CCc2c(C(=O)N3CCC[C@H]3C(=O)O)csc2C1. The minimum absolute atomic E-state index is 0.0815. The first-order valence-corrected chi connectivity index (χ1v) is 8.09. The predicted molar refractivity (Wildman–Crippen MR) is 77.2 cm³/mol. The molecule has 4 nitrogen and oxygen atoms in total. The van der Waals surface area contributed by atoms with Gasteiger partial charge in [0.25, 0.3) is 5.91 Å². The topological polar surface area (TPSA) is 57.6 Å². The van der Waals surface area contributed by atoms with Gasteiger partial charge in [0.05, 0.1) is 5.56 Å². The minimum Gasteiger partial charge on any atom is -0.480 e. The first-order valence-electron chi connectivity index (χ1n) is 7.21. The van der Waals surface area contributed by atoms with Crippen LogP contribution in [0.2, 0.25) is 0 Å². The molecule has 1 unspecified atom stereocenters. The van der Waals surface area contributed by atoms with Gasteiger partial charge < -0.3 is 10.0 Å². The maximum Gasteiger partial charge on any atom is 0.326 e. The summed E-state index contributed by atoms with van der Waals surface area (Å²) in [5.74, 6) is -0.279. The zero-order valence-corrected chi connectivity index (χ0v) is 12.4. The Hall–Kier alpha value is -1.36. The lowest BCUT2D eigenvalue weighted by Crippen LogP contribution is -2.40. The van der Waals surface area contributed by atoms with Gasteiger partial charge in [0, 0.05) is 16.8 Å². The molecule has 20 heavy (non-hydrogen) atoms. The number of hydrogen-bond acceptors (Lipinski definition) is 3. The number of rotatable bonds is 2. The summed E-state index contributed by atoms with van der Waals surface area (Å²) in [6, 6.07) is -0.638. The number of thiophene rings is 1. The number of amides is 1. The first kappa shape index (κ1) is 13.6. The van der Waals surface area contributed by atoms with Crippen molar-refractivity contribution in [2.24, 2.45) is 5.92 Å². The molecule has 1 aromatic heterocycles. The van der Waals surface area contributed by atoms with Crippen LogP contribution in [0.1, 0.15) is 47.0 Å². The number of carbonyl (C=O) groups excluding carboxylic acids is 1. The van der Waals surface area contributed by atoms with E-state index in [2.05, 4.69) is 6.92 Å². The van der Waals surface area contributed by atoms with Crippen LogP contribution in [0, 0.1) is 5.92 Å². The molecule has 108 valence electrons. The van der Waals surface area contributed by atoms with Gasteiger partial charge in [0.2, 0.25) is 0 Å². The molecule has 1 fully saturated rings. The maximum absolute atomic E-state index is 12.6. The van der Waals surface area contributed by atoms with E-state index in [4.69, 9.17) is 0 Å². The van der Waals surface area contributed by atoms with Crippen molar-refractivity contribution >= 4 is 23.2 Å². The quantitative estimate of drug-likeness (QED) is 0.911. The van der Waals surface area contributed by atoms with E-state index in [9.17, 15) is 14.7 Å². The zero-order valence-electron chi connectivity index (χ0n) is 11.6. The van der Waals surface area contributed by atoms with Gasteiger partial charge >= 0.3 is 5.97 Å². The van der Waals surface area contributed by atoms with Gasteiger partial charge in [0.1, 0.15) is 6.04 Å². The number of carbonyl (C=O) groups is 2. The Morgan fingerprint density at radius 3 is 2.95 bits per heavy atom. The number of hydrogen-bond donors (Lipinski definition) is 1. The molecule has 1 aliphatic heterocycles. The Labute approximate surface area is 122 Å². The summed E-state index contributed by atoms with van der Waals surface area (Å²) in [5, 5.41) is 11.1. The summed E-state index contributed by atoms with van der Waals surface area (Å²) in [4.78, 5) is 26.7. The molecule has 0 spiro atoms. The van der Waals surface area contributed by atoms with E-state index < -0.39 is 12.0 Å². The second-order valence-electron chi connectivity index (χ2n) is 5.89. The molecule has 0 bridgehead atoms. The van der Waals surface area contributed by atoms with Crippen LogP contribution in [0.25, 0.3) is 0 Å². The minimum atomic E-state index is -0.881. The molecule has 5 heteroatoms. The normalized spacial score (nSPS) is 25.6. The van der Waals surface area contributed by atoms with Crippen molar-refractivity contribution in [2.45, 2.75) is 45.1 Å². The van der Waals surface area contributed by atoms with E-state index >= 15 is 0 Å². The number of aliphatic carboxylic acids is 1. The molecule has 1 amide bonds. The van der Waals surface area contributed by atoms with Crippen molar-refractivity contribution in [3.8, 4) is 0 Å². The third-order valence-corrected chi connectivity index (χ3v) is 5.48. The molecule has 2 heterocycles. The summed E-state index contributed by atoms with van der Waals surface area (Å²) in [6.07, 6.45) is 4.48. The van der Waals surface area contributed by atoms with Crippen LogP contribution < -0.4 is 0 Å². The number of likely N-dealkylation sites (tertiary alicyclic amines) is 1. The van der Waals surface area contributed by atoms with Crippen LogP contribution in [0.3, 0.4) is 0 Å². The summed E-state index contributed by atoms with van der Waals surface area (Å²) >= 11 is 1.66. The lowest BCUT2D eigenvalue weighted by Gasteiger charge is -2.23. The standard InChI is InChI=1S/C15H19NO3S/c1-9-4-5-10-11(8-20-13(10)7-9)14(17)16-6-2-3-12(16)15(18)19/h8-9,12H,2-7H2,1H3,(H,18,19)/t9?,12-/m0/s1. The Morgan fingerprint density at radius 1 is 1.40 bits per heavy atom. The van der Waals surface area contributed by atoms with Gasteiger partial charge in [-0.2, -0.15) is 0 Å². The highest BCUT2D eigenvalue weighted by atomic mass is 32.1. The molecule has 1 aliphatic carbocycles. The smallest absolute Gasteiger partial charge is 0.326 e. The second-order valence-corrected chi connectivity index (χ2v) is 6.86. The lowest BCUT2D eigenvalue weighted by molar-refractivity contribution is -0.141. The number of carboxylic acid groups (broad SMARTS) is 1. The monoisotopic (exact) mass is 293 g/mol. The van der Waals surface area contributed by atoms with Crippen LogP contribution in [0.4, 0.5) is 0 Å². The van der Waals surface area contributed by atoms with Crippen molar-refractivity contribution in [1.29, 1.82) is 0 Å². The number of nitrogens with zero attached hydrogens (tertiary/aromatic N) is 1. The Bertz CT molecular complexity index is 551. The summed E-state index contributed by atoms with van der Waals surface area (Å²) in [5.41, 5.74) is 1.93. The summed E-state index contributed by atoms with van der Waals surface area (Å²) in [6.45, 7) is 2.81. The molecular weight excluding hydrogens is 274 g/mol. The zero-order chi connectivity index (χ0) is 14.3. The van der Waals surface area contributed by atoms with E-state index in [1.807, 2.05) is 5.38 Å². The van der Waals surface area contributed by atoms with Gasteiger partial charge in [-0.15, -0.1) is 11.3 Å². The summed E-state index contributed by atoms with van der Waals surface area (Å²) < 4.78 is 0. The molecule has 0 saturated carbocycles. The van der Waals surface area contributed by atoms with Crippen LogP contribution in [-0.2, 0) is 17.6 Å². The van der Waals surface area contributed by atoms with E-state index in [1.54, 1.807) is 16.2 Å². The fourth-order valence-electron chi connectivity index (χ4n) is 3.28. The van der Waals surface area contributed by atoms with Gasteiger partial charge in [0.15, 0.2) is 0 Å². The van der Waals surface area contributed by atoms with Crippen LogP contribution in [-0.4, -0.2) is 34.5 Å². The fraction of sp³-hybridized carbons (Fsp3) is 0.600. The predicted octanol–water partition coefficient (Wildman–Crippen LogP) is 2.56. The van der Waals surface area contributed by atoms with Crippen molar-refractivity contribution in [2.75, 3.05) is 6.54 Å². The highest BCUT2D eigenvalue weighted by Crippen LogP contribution is 2.34. The van der Waals surface area contributed by atoms with Crippen molar-refractivity contribution in [1.82, 2.24) is 4.90 Å². The highest BCUT2D eigenvalue weighted by Gasteiger charge is 2.36.